The molecule has 0 amide bonds. The topological polar surface area (TPSA) is 67.3 Å². The molecule has 1 aromatic heterocycles. The zero-order chi connectivity index (χ0) is 13.0. The zero-order valence-electron chi connectivity index (χ0n) is 7.86. The number of alkyl halides is 3. The maximum atomic E-state index is 10.7. The van der Waals surface area contributed by atoms with Gasteiger partial charge in [-0.15, -0.1) is 0 Å². The van der Waals surface area contributed by atoms with Crippen LogP contribution >= 0.6 is 11.6 Å². The summed E-state index contributed by atoms with van der Waals surface area (Å²) in [4.78, 5) is 3.94. The molecule has 0 aliphatic carbocycles. The fourth-order valence-corrected chi connectivity index (χ4v) is 0.716. The normalized spacial score (nSPS) is 11.6. The molecule has 0 radical (unpaired) electrons. The van der Waals surface area contributed by atoms with Crippen molar-refractivity contribution in [2.24, 2.45) is 0 Å². The summed E-state index contributed by atoms with van der Waals surface area (Å²) >= 11 is 5.53. The molecule has 16 heavy (non-hydrogen) atoms. The van der Waals surface area contributed by atoms with Gasteiger partial charge in [-0.05, 0) is 19.1 Å². The summed E-state index contributed by atoms with van der Waals surface area (Å²) in [5.41, 5.74) is -4.58. The lowest BCUT2D eigenvalue weighted by Crippen LogP contribution is -2.21. The summed E-state index contributed by atoms with van der Waals surface area (Å²) in [7, 11) is -5.84. The highest BCUT2D eigenvalue weighted by Gasteiger charge is 2.44. The Bertz CT molecular complexity index is 429. The van der Waals surface area contributed by atoms with Crippen LogP contribution < -0.4 is 0 Å². The van der Waals surface area contributed by atoms with E-state index in [2.05, 4.69) is 4.98 Å². The third-order valence-corrected chi connectivity index (χ3v) is 1.94. The van der Waals surface area contributed by atoms with Crippen molar-refractivity contribution >= 4 is 21.7 Å². The highest BCUT2D eigenvalue weighted by molar-refractivity contribution is 7.86. The molecule has 0 aliphatic heterocycles. The van der Waals surface area contributed by atoms with Crippen molar-refractivity contribution in [3.05, 3.63) is 29.0 Å². The van der Waals surface area contributed by atoms with Crippen LogP contribution in [0.15, 0.2) is 18.2 Å². The first-order valence-electron chi connectivity index (χ1n) is 3.67. The van der Waals surface area contributed by atoms with E-state index in [1.54, 1.807) is 6.07 Å². The van der Waals surface area contributed by atoms with Crippen LogP contribution in [0.3, 0.4) is 0 Å². The van der Waals surface area contributed by atoms with Gasteiger partial charge < -0.3 is 0 Å². The summed E-state index contributed by atoms with van der Waals surface area (Å²) in [5.74, 6) is 0. The number of halogens is 4. The van der Waals surface area contributed by atoms with Gasteiger partial charge in [0.2, 0.25) is 0 Å². The predicted octanol–water partition coefficient (Wildman–Crippen LogP) is 2.44. The molecule has 0 fully saturated rings. The van der Waals surface area contributed by atoms with Gasteiger partial charge in [-0.25, -0.2) is 4.98 Å². The minimum Gasteiger partial charge on any atom is -0.279 e. The molecule has 9 heteroatoms. The van der Waals surface area contributed by atoms with E-state index in [-0.39, 0.29) is 0 Å². The molecule has 1 N–H and O–H groups in total. The third-order valence-electron chi connectivity index (χ3n) is 1.15. The second-order valence-electron chi connectivity index (χ2n) is 2.52. The molecule has 0 bridgehead atoms. The van der Waals surface area contributed by atoms with Crippen molar-refractivity contribution in [1.82, 2.24) is 4.98 Å². The fourth-order valence-electron chi connectivity index (χ4n) is 0.510. The fraction of sp³-hybridized carbons (Fsp3) is 0.286. The minimum atomic E-state index is -5.84. The third kappa shape index (κ3) is 5.89. The molecule has 0 saturated heterocycles. The van der Waals surface area contributed by atoms with Crippen molar-refractivity contribution in [3.8, 4) is 0 Å². The Kier molecular flexibility index (Phi) is 5.17. The molecule has 0 spiro atoms. The average molecular weight is 278 g/mol. The summed E-state index contributed by atoms with van der Waals surface area (Å²) in [5, 5.41) is 0.560. The van der Waals surface area contributed by atoms with Crippen LogP contribution in [0.1, 0.15) is 5.69 Å². The predicted molar refractivity (Wildman–Crippen MR) is 51.6 cm³/mol. The molecule has 0 aliphatic rings. The van der Waals surface area contributed by atoms with Gasteiger partial charge in [-0.1, -0.05) is 17.7 Å². The Morgan fingerprint density at radius 3 is 2.00 bits per heavy atom. The summed E-state index contributed by atoms with van der Waals surface area (Å²) in [6.45, 7) is 1.91. The molecule has 1 heterocycles. The average Bonchev–Trinajstić information content (AvgIpc) is 2.00. The summed E-state index contributed by atoms with van der Waals surface area (Å²) in [6, 6.07) is 5.55. The van der Waals surface area contributed by atoms with Crippen LogP contribution in [0, 0.1) is 6.92 Å². The smallest absolute Gasteiger partial charge is 0.279 e. The van der Waals surface area contributed by atoms with E-state index in [9.17, 15) is 13.2 Å². The first kappa shape index (κ1) is 15.1. The number of pyridine rings is 1. The summed E-state index contributed by atoms with van der Waals surface area (Å²) in [6.07, 6.45) is 0. The van der Waals surface area contributed by atoms with Crippen LogP contribution in [0.4, 0.5) is 13.2 Å². The maximum Gasteiger partial charge on any atom is 0.522 e. The van der Waals surface area contributed by atoms with E-state index >= 15 is 0 Å². The zero-order valence-corrected chi connectivity index (χ0v) is 9.44. The first-order chi connectivity index (χ1) is 7.04. The Morgan fingerprint density at radius 2 is 1.81 bits per heavy atom. The van der Waals surface area contributed by atoms with Gasteiger partial charge in [-0.2, -0.15) is 21.6 Å². The van der Waals surface area contributed by atoms with Gasteiger partial charge in [0.05, 0.1) is 0 Å². The van der Waals surface area contributed by atoms with E-state index in [4.69, 9.17) is 24.6 Å². The molecular weight excluding hydrogens is 271 g/mol. The largest absolute Gasteiger partial charge is 0.522 e. The lowest BCUT2D eigenvalue weighted by molar-refractivity contribution is -0.0510. The number of aromatic nitrogens is 1. The first-order valence-corrected chi connectivity index (χ1v) is 5.49. The second-order valence-corrected chi connectivity index (χ2v) is 4.32. The van der Waals surface area contributed by atoms with Gasteiger partial charge >= 0.3 is 15.6 Å². The molecule has 0 atom stereocenters. The van der Waals surface area contributed by atoms with Crippen LogP contribution in [-0.4, -0.2) is 23.5 Å². The van der Waals surface area contributed by atoms with E-state index in [0.717, 1.165) is 5.69 Å². The quantitative estimate of drug-likeness (QED) is 0.449. The number of nitrogens with zero attached hydrogens (tertiary/aromatic N) is 1. The number of aryl methyl sites for hydroxylation is 1. The molecule has 4 nitrogen and oxygen atoms in total. The van der Waals surface area contributed by atoms with Crippen LogP contribution in [0.25, 0.3) is 0 Å². The van der Waals surface area contributed by atoms with E-state index in [0.29, 0.717) is 5.15 Å². The Labute approximate surface area is 94.8 Å². The molecule has 0 unspecified atom stereocenters. The second kappa shape index (κ2) is 5.46. The lowest BCUT2D eigenvalue weighted by atomic mass is 10.4. The number of hydrogen-bond donors (Lipinski definition) is 1. The maximum absolute atomic E-state index is 10.7. The number of rotatable bonds is 0. The van der Waals surface area contributed by atoms with Gasteiger partial charge in [-0.3, -0.25) is 4.55 Å². The Hall–Kier alpha value is -0.860. The minimum absolute atomic E-state index is 0.560. The van der Waals surface area contributed by atoms with Crippen molar-refractivity contribution in [2.75, 3.05) is 0 Å². The van der Waals surface area contributed by atoms with Gasteiger partial charge in [0, 0.05) is 5.69 Å². The van der Waals surface area contributed by atoms with Crippen molar-refractivity contribution in [1.29, 1.82) is 0 Å². The molecule has 0 saturated carbocycles. The van der Waals surface area contributed by atoms with Gasteiger partial charge in [0.15, 0.2) is 0 Å². The molecule has 0 aromatic carbocycles. The van der Waals surface area contributed by atoms with Crippen LogP contribution in [-0.2, 0) is 10.1 Å². The van der Waals surface area contributed by atoms with Gasteiger partial charge in [0.25, 0.3) is 0 Å². The van der Waals surface area contributed by atoms with Crippen LogP contribution in [0.5, 0.6) is 0 Å². The summed E-state index contributed by atoms with van der Waals surface area (Å²) < 4.78 is 57.5. The highest BCUT2D eigenvalue weighted by Crippen LogP contribution is 2.20. The van der Waals surface area contributed by atoms with E-state index < -0.39 is 15.6 Å². The highest BCUT2D eigenvalue weighted by atomic mass is 35.5. The molecule has 1 aromatic rings. The van der Waals surface area contributed by atoms with E-state index in [1.165, 1.54) is 0 Å². The number of hydrogen-bond acceptors (Lipinski definition) is 3. The molecule has 92 valence electrons. The molecular formula is C7H7ClF3NO3S. The standard InChI is InChI=1S/C6H6ClN.CHF3O3S/c1-5-3-2-4-6(7)8-5;2-1(3,4)8(5,6)7/h2-4H,1H3;(H,5,6,7). The van der Waals surface area contributed by atoms with Crippen molar-refractivity contribution in [3.63, 3.8) is 0 Å². The van der Waals surface area contributed by atoms with Crippen molar-refractivity contribution in [2.45, 2.75) is 12.4 Å². The van der Waals surface area contributed by atoms with Crippen LogP contribution in [0.2, 0.25) is 5.15 Å². The Morgan fingerprint density at radius 1 is 1.38 bits per heavy atom. The van der Waals surface area contributed by atoms with E-state index in [1.807, 2.05) is 19.1 Å². The SMILES string of the molecule is Cc1cccc(Cl)n1.O=S(=O)(O)C(F)(F)F. The lowest BCUT2D eigenvalue weighted by Gasteiger charge is -1.97. The van der Waals surface area contributed by atoms with Gasteiger partial charge in [0.1, 0.15) is 5.15 Å². The Balaban J connectivity index is 0.000000281. The molecule has 1 rings (SSSR count). The monoisotopic (exact) mass is 277 g/mol. The van der Waals surface area contributed by atoms with Crippen molar-refractivity contribution < 1.29 is 26.1 Å².